The van der Waals surface area contributed by atoms with Crippen LogP contribution in [-0.4, -0.2) is 32.2 Å². The summed E-state index contributed by atoms with van der Waals surface area (Å²) in [6, 6.07) is 0. The van der Waals surface area contributed by atoms with Gasteiger partial charge in [-0.25, -0.2) is 0 Å². The molecule has 0 aromatic heterocycles. The molecule has 0 bridgehead atoms. The van der Waals surface area contributed by atoms with Gasteiger partial charge in [-0.2, -0.15) is 0 Å². The van der Waals surface area contributed by atoms with Crippen molar-refractivity contribution in [1.29, 1.82) is 0 Å². The lowest BCUT2D eigenvalue weighted by molar-refractivity contribution is -0.124. The van der Waals surface area contributed by atoms with Crippen LogP contribution < -0.4 is 0 Å². The summed E-state index contributed by atoms with van der Waals surface area (Å²) >= 11 is 0. The SMILES string of the molecule is CCCOCC(=O)CCOCCC(C)C. The van der Waals surface area contributed by atoms with Crippen molar-refractivity contribution in [1.82, 2.24) is 0 Å². The van der Waals surface area contributed by atoms with Crippen LogP contribution in [0.25, 0.3) is 0 Å². The summed E-state index contributed by atoms with van der Waals surface area (Å²) in [6.45, 7) is 8.53. The Kier molecular flexibility index (Phi) is 9.84. The zero-order valence-electron chi connectivity index (χ0n) is 10.3. The van der Waals surface area contributed by atoms with E-state index >= 15 is 0 Å². The second-order valence-electron chi connectivity index (χ2n) is 4.14. The molecule has 0 aliphatic rings. The molecule has 0 radical (unpaired) electrons. The maximum atomic E-state index is 11.2. The number of rotatable bonds is 10. The first-order chi connectivity index (χ1) is 7.16. The fraction of sp³-hybridized carbons (Fsp3) is 0.917. The monoisotopic (exact) mass is 216 g/mol. The van der Waals surface area contributed by atoms with E-state index in [1.54, 1.807) is 0 Å². The van der Waals surface area contributed by atoms with Gasteiger partial charge < -0.3 is 9.47 Å². The van der Waals surface area contributed by atoms with E-state index in [4.69, 9.17) is 9.47 Å². The molecule has 0 N–H and O–H groups in total. The van der Waals surface area contributed by atoms with Crippen molar-refractivity contribution in [3.05, 3.63) is 0 Å². The van der Waals surface area contributed by atoms with Crippen molar-refractivity contribution in [3.63, 3.8) is 0 Å². The van der Waals surface area contributed by atoms with E-state index in [-0.39, 0.29) is 12.4 Å². The highest BCUT2D eigenvalue weighted by molar-refractivity contribution is 5.79. The van der Waals surface area contributed by atoms with Gasteiger partial charge in [-0.1, -0.05) is 20.8 Å². The zero-order chi connectivity index (χ0) is 11.5. The quantitative estimate of drug-likeness (QED) is 0.526. The fourth-order valence-corrected chi connectivity index (χ4v) is 1.01. The average Bonchev–Trinajstić information content (AvgIpc) is 2.17. The molecule has 0 aromatic carbocycles. The van der Waals surface area contributed by atoms with Crippen LogP contribution in [0.3, 0.4) is 0 Å². The molecule has 0 saturated heterocycles. The normalized spacial score (nSPS) is 10.9. The highest BCUT2D eigenvalue weighted by atomic mass is 16.5. The average molecular weight is 216 g/mol. The molecule has 15 heavy (non-hydrogen) atoms. The van der Waals surface area contributed by atoms with Gasteiger partial charge in [0.2, 0.25) is 0 Å². The number of ether oxygens (including phenoxy) is 2. The fourth-order valence-electron chi connectivity index (χ4n) is 1.01. The van der Waals surface area contributed by atoms with E-state index in [9.17, 15) is 4.79 Å². The molecule has 0 saturated carbocycles. The van der Waals surface area contributed by atoms with Crippen LogP contribution >= 0.6 is 0 Å². The molecule has 0 rings (SSSR count). The van der Waals surface area contributed by atoms with Gasteiger partial charge in [0.25, 0.3) is 0 Å². The molecule has 0 amide bonds. The van der Waals surface area contributed by atoms with Gasteiger partial charge in [-0.3, -0.25) is 4.79 Å². The van der Waals surface area contributed by atoms with Crippen LogP contribution in [0.4, 0.5) is 0 Å². The zero-order valence-corrected chi connectivity index (χ0v) is 10.3. The second-order valence-corrected chi connectivity index (χ2v) is 4.14. The molecule has 0 spiro atoms. The van der Waals surface area contributed by atoms with Crippen LogP contribution in [-0.2, 0) is 14.3 Å². The molecule has 0 atom stereocenters. The van der Waals surface area contributed by atoms with E-state index < -0.39 is 0 Å². The maximum Gasteiger partial charge on any atom is 0.160 e. The van der Waals surface area contributed by atoms with Gasteiger partial charge in [0.1, 0.15) is 6.61 Å². The Labute approximate surface area is 93.1 Å². The van der Waals surface area contributed by atoms with Gasteiger partial charge in [0, 0.05) is 19.6 Å². The van der Waals surface area contributed by atoms with Crippen molar-refractivity contribution >= 4 is 5.78 Å². The van der Waals surface area contributed by atoms with Crippen LogP contribution in [0.5, 0.6) is 0 Å². The molecule has 0 aliphatic carbocycles. The lowest BCUT2D eigenvalue weighted by Crippen LogP contribution is -2.12. The third kappa shape index (κ3) is 11.5. The molecular weight excluding hydrogens is 192 g/mol. The Bertz CT molecular complexity index is 155. The van der Waals surface area contributed by atoms with Gasteiger partial charge in [0.05, 0.1) is 6.61 Å². The summed E-state index contributed by atoms with van der Waals surface area (Å²) in [7, 11) is 0. The summed E-state index contributed by atoms with van der Waals surface area (Å²) in [5.74, 6) is 0.793. The van der Waals surface area contributed by atoms with Crippen LogP contribution in [0.1, 0.15) is 40.0 Å². The van der Waals surface area contributed by atoms with Gasteiger partial charge in [-0.05, 0) is 18.8 Å². The first-order valence-electron chi connectivity index (χ1n) is 5.84. The Hall–Kier alpha value is -0.410. The number of carbonyl (C=O) groups excluding carboxylic acids is 1. The van der Waals surface area contributed by atoms with Crippen molar-refractivity contribution in [3.8, 4) is 0 Å². The van der Waals surface area contributed by atoms with E-state index in [1.807, 2.05) is 6.92 Å². The topological polar surface area (TPSA) is 35.5 Å². The molecule has 0 heterocycles. The summed E-state index contributed by atoms with van der Waals surface area (Å²) in [5.41, 5.74) is 0. The number of ketones is 1. The Morgan fingerprint density at radius 3 is 2.47 bits per heavy atom. The molecule has 0 fully saturated rings. The summed E-state index contributed by atoms with van der Waals surface area (Å²) in [5, 5.41) is 0. The highest BCUT2D eigenvalue weighted by Gasteiger charge is 2.01. The van der Waals surface area contributed by atoms with Gasteiger partial charge in [-0.15, -0.1) is 0 Å². The van der Waals surface area contributed by atoms with Crippen LogP contribution in [0.2, 0.25) is 0 Å². The predicted molar refractivity (Wildman–Crippen MR) is 61.0 cm³/mol. The second kappa shape index (κ2) is 10.1. The molecule has 0 aromatic rings. The third-order valence-corrected chi connectivity index (χ3v) is 1.98. The number of carbonyl (C=O) groups is 1. The van der Waals surface area contributed by atoms with Gasteiger partial charge >= 0.3 is 0 Å². The largest absolute Gasteiger partial charge is 0.381 e. The smallest absolute Gasteiger partial charge is 0.160 e. The summed E-state index contributed by atoms with van der Waals surface area (Å²) < 4.78 is 10.5. The highest BCUT2D eigenvalue weighted by Crippen LogP contribution is 1.99. The van der Waals surface area contributed by atoms with Crippen molar-refractivity contribution in [2.24, 2.45) is 5.92 Å². The lowest BCUT2D eigenvalue weighted by Gasteiger charge is -2.06. The number of Topliss-reactive ketones (excluding diaryl/α,β-unsaturated/α-hetero) is 1. The minimum absolute atomic E-state index is 0.132. The van der Waals surface area contributed by atoms with E-state index in [0.717, 1.165) is 19.4 Å². The molecule has 0 unspecified atom stereocenters. The van der Waals surface area contributed by atoms with Crippen LogP contribution in [0.15, 0.2) is 0 Å². The van der Waals surface area contributed by atoms with Crippen molar-refractivity contribution < 1.29 is 14.3 Å². The van der Waals surface area contributed by atoms with Crippen molar-refractivity contribution in [2.45, 2.75) is 40.0 Å². The number of hydrogen-bond acceptors (Lipinski definition) is 3. The molecule has 3 heteroatoms. The maximum absolute atomic E-state index is 11.2. The lowest BCUT2D eigenvalue weighted by atomic mass is 10.1. The Morgan fingerprint density at radius 1 is 1.13 bits per heavy atom. The van der Waals surface area contributed by atoms with E-state index in [0.29, 0.717) is 25.6 Å². The molecular formula is C12H24O3. The number of hydrogen-bond donors (Lipinski definition) is 0. The van der Waals surface area contributed by atoms with Crippen molar-refractivity contribution in [2.75, 3.05) is 26.4 Å². The standard InChI is InChI=1S/C12H24O3/c1-4-7-15-10-12(13)6-9-14-8-5-11(2)3/h11H,4-10H2,1-3H3. The van der Waals surface area contributed by atoms with Crippen LogP contribution in [0, 0.1) is 5.92 Å². The van der Waals surface area contributed by atoms with E-state index in [1.165, 1.54) is 0 Å². The minimum atomic E-state index is 0.132. The minimum Gasteiger partial charge on any atom is -0.381 e. The van der Waals surface area contributed by atoms with E-state index in [2.05, 4.69) is 13.8 Å². The molecule has 90 valence electrons. The third-order valence-electron chi connectivity index (χ3n) is 1.98. The predicted octanol–water partition coefficient (Wildman–Crippen LogP) is 2.43. The summed E-state index contributed by atoms with van der Waals surface area (Å²) in [6.07, 6.45) is 2.49. The first kappa shape index (κ1) is 14.6. The van der Waals surface area contributed by atoms with Gasteiger partial charge in [0.15, 0.2) is 5.78 Å². The molecule has 0 aliphatic heterocycles. The Morgan fingerprint density at radius 2 is 1.87 bits per heavy atom. The molecule has 3 nitrogen and oxygen atoms in total. The summed E-state index contributed by atoms with van der Waals surface area (Å²) in [4.78, 5) is 11.2. The first-order valence-corrected chi connectivity index (χ1v) is 5.84. The Balaban J connectivity index is 3.17.